The number of carbonyl (C=O) groups excluding carboxylic acids is 2. The lowest BCUT2D eigenvalue weighted by Crippen LogP contribution is -2.39. The maximum atomic E-state index is 11.7. The summed E-state index contributed by atoms with van der Waals surface area (Å²) >= 11 is 0. The Kier molecular flexibility index (Phi) is 4.80. The van der Waals surface area contributed by atoms with E-state index < -0.39 is 6.04 Å². The minimum Gasteiger partial charge on any atom is -0.467 e. The van der Waals surface area contributed by atoms with Crippen molar-refractivity contribution < 1.29 is 14.3 Å². The quantitative estimate of drug-likeness (QED) is 0.541. The number of amides is 1. The lowest BCUT2D eigenvalue weighted by atomic mass is 10.2. The van der Waals surface area contributed by atoms with Gasteiger partial charge in [0.15, 0.2) is 0 Å². The van der Waals surface area contributed by atoms with Crippen LogP contribution < -0.4 is 0 Å². The monoisotopic (exact) mass is 264 g/mol. The van der Waals surface area contributed by atoms with Crippen LogP contribution in [0.2, 0.25) is 0 Å². The van der Waals surface area contributed by atoms with Gasteiger partial charge in [0.1, 0.15) is 6.04 Å². The molecule has 5 nitrogen and oxygen atoms in total. The standard InChI is InChI=1S/C14H20N2O3/c1-19-14(18)12-6-7-13(17)16(12)11-5-4-10-15-8-2-3-9-15/h12H,2-3,6-11H2,1H3. The van der Waals surface area contributed by atoms with E-state index in [9.17, 15) is 9.59 Å². The number of nitrogens with zero attached hydrogens (tertiary/aromatic N) is 2. The Bertz CT molecular complexity index is 405. The van der Waals surface area contributed by atoms with Gasteiger partial charge < -0.3 is 9.64 Å². The average molecular weight is 264 g/mol. The Morgan fingerprint density at radius 1 is 1.32 bits per heavy atom. The summed E-state index contributed by atoms with van der Waals surface area (Å²) in [7, 11) is 1.35. The molecule has 0 aromatic rings. The smallest absolute Gasteiger partial charge is 0.328 e. The molecule has 0 aliphatic carbocycles. The third-order valence-corrected chi connectivity index (χ3v) is 3.68. The van der Waals surface area contributed by atoms with Crippen molar-refractivity contribution in [3.8, 4) is 11.8 Å². The molecule has 0 N–H and O–H groups in total. The SMILES string of the molecule is COC(=O)C1CCC(=O)N1CC#CCN1CCCC1. The van der Waals surface area contributed by atoms with Gasteiger partial charge in [-0.3, -0.25) is 9.69 Å². The molecule has 1 amide bonds. The van der Waals surface area contributed by atoms with E-state index in [1.165, 1.54) is 24.9 Å². The third-order valence-electron chi connectivity index (χ3n) is 3.68. The Morgan fingerprint density at radius 3 is 2.68 bits per heavy atom. The Hall–Kier alpha value is -1.54. The molecular weight excluding hydrogens is 244 g/mol. The molecule has 5 heteroatoms. The zero-order chi connectivity index (χ0) is 13.7. The van der Waals surface area contributed by atoms with Crippen molar-refractivity contribution in [2.75, 3.05) is 33.3 Å². The largest absolute Gasteiger partial charge is 0.467 e. The lowest BCUT2D eigenvalue weighted by Gasteiger charge is -2.20. The Morgan fingerprint density at radius 2 is 2.00 bits per heavy atom. The molecular formula is C14H20N2O3. The van der Waals surface area contributed by atoms with E-state index in [-0.39, 0.29) is 11.9 Å². The van der Waals surface area contributed by atoms with Crippen molar-refractivity contribution in [2.24, 2.45) is 0 Å². The summed E-state index contributed by atoms with van der Waals surface area (Å²) in [6.07, 6.45) is 3.44. The third kappa shape index (κ3) is 3.48. The summed E-state index contributed by atoms with van der Waals surface area (Å²) in [5.74, 6) is 5.73. The molecule has 104 valence electrons. The number of hydrogen-bond acceptors (Lipinski definition) is 4. The zero-order valence-corrected chi connectivity index (χ0v) is 11.4. The molecule has 0 radical (unpaired) electrons. The lowest BCUT2D eigenvalue weighted by molar-refractivity contribution is -0.148. The number of esters is 1. The number of carbonyl (C=O) groups is 2. The van der Waals surface area contributed by atoms with Crippen LogP contribution >= 0.6 is 0 Å². The molecule has 0 spiro atoms. The van der Waals surface area contributed by atoms with Crippen LogP contribution in [0.25, 0.3) is 0 Å². The van der Waals surface area contributed by atoms with Crippen LogP contribution in [0.15, 0.2) is 0 Å². The summed E-state index contributed by atoms with van der Waals surface area (Å²) in [6, 6.07) is -0.446. The van der Waals surface area contributed by atoms with E-state index in [0.29, 0.717) is 19.4 Å². The fourth-order valence-corrected chi connectivity index (χ4v) is 2.56. The minimum atomic E-state index is -0.446. The Labute approximate surface area is 113 Å². The fraction of sp³-hybridized carbons (Fsp3) is 0.714. The van der Waals surface area contributed by atoms with E-state index in [1.807, 2.05) is 0 Å². The molecule has 2 fully saturated rings. The maximum Gasteiger partial charge on any atom is 0.328 e. The van der Waals surface area contributed by atoms with Crippen LogP contribution in [0.3, 0.4) is 0 Å². The van der Waals surface area contributed by atoms with Gasteiger partial charge in [-0.05, 0) is 32.4 Å². The van der Waals surface area contributed by atoms with Crippen LogP contribution in [0.1, 0.15) is 25.7 Å². The normalized spacial score (nSPS) is 23.3. The summed E-state index contributed by atoms with van der Waals surface area (Å²) < 4.78 is 4.71. The topological polar surface area (TPSA) is 49.9 Å². The van der Waals surface area contributed by atoms with Crippen molar-refractivity contribution in [3.05, 3.63) is 0 Å². The molecule has 2 aliphatic rings. The van der Waals surface area contributed by atoms with Crippen LogP contribution in [0.4, 0.5) is 0 Å². The Balaban J connectivity index is 1.84. The van der Waals surface area contributed by atoms with Gasteiger partial charge in [-0.1, -0.05) is 11.8 Å². The van der Waals surface area contributed by atoms with Gasteiger partial charge >= 0.3 is 5.97 Å². The average Bonchev–Trinajstić information content (AvgIpc) is 3.04. The molecule has 0 aromatic heterocycles. The van der Waals surface area contributed by atoms with Gasteiger partial charge in [0.05, 0.1) is 20.2 Å². The fourth-order valence-electron chi connectivity index (χ4n) is 2.56. The maximum absolute atomic E-state index is 11.7. The van der Waals surface area contributed by atoms with Gasteiger partial charge in [-0.2, -0.15) is 0 Å². The molecule has 2 rings (SSSR count). The molecule has 1 atom stereocenters. The summed E-state index contributed by atoms with van der Waals surface area (Å²) in [6.45, 7) is 3.31. The first-order valence-corrected chi connectivity index (χ1v) is 6.77. The molecule has 2 saturated heterocycles. The van der Waals surface area contributed by atoms with Crippen molar-refractivity contribution in [3.63, 3.8) is 0 Å². The molecule has 0 bridgehead atoms. The van der Waals surface area contributed by atoms with E-state index in [0.717, 1.165) is 19.6 Å². The molecule has 0 saturated carbocycles. The number of ether oxygens (including phenoxy) is 1. The van der Waals surface area contributed by atoms with Gasteiger partial charge in [0.25, 0.3) is 0 Å². The molecule has 1 unspecified atom stereocenters. The van der Waals surface area contributed by atoms with E-state index >= 15 is 0 Å². The first-order chi connectivity index (χ1) is 9.22. The second-order valence-electron chi connectivity index (χ2n) is 4.94. The number of likely N-dealkylation sites (tertiary alicyclic amines) is 2. The van der Waals surface area contributed by atoms with Crippen molar-refractivity contribution in [1.29, 1.82) is 0 Å². The molecule has 2 aliphatic heterocycles. The zero-order valence-electron chi connectivity index (χ0n) is 11.4. The molecule has 19 heavy (non-hydrogen) atoms. The predicted molar refractivity (Wildman–Crippen MR) is 70.2 cm³/mol. The van der Waals surface area contributed by atoms with Crippen LogP contribution in [0.5, 0.6) is 0 Å². The molecule has 0 aromatic carbocycles. The minimum absolute atomic E-state index is 0.00845. The summed E-state index contributed by atoms with van der Waals surface area (Å²) in [4.78, 5) is 27.1. The predicted octanol–water partition coefficient (Wildman–Crippen LogP) is 0.250. The first-order valence-electron chi connectivity index (χ1n) is 6.77. The molecule has 2 heterocycles. The van der Waals surface area contributed by atoms with E-state index in [4.69, 9.17) is 4.74 Å². The highest BCUT2D eigenvalue weighted by molar-refractivity contribution is 5.88. The highest BCUT2D eigenvalue weighted by atomic mass is 16.5. The highest BCUT2D eigenvalue weighted by Gasteiger charge is 2.36. The summed E-state index contributed by atoms with van der Waals surface area (Å²) in [5.41, 5.74) is 0. The summed E-state index contributed by atoms with van der Waals surface area (Å²) in [5, 5.41) is 0. The van der Waals surface area contributed by atoms with E-state index in [2.05, 4.69) is 16.7 Å². The van der Waals surface area contributed by atoms with Crippen molar-refractivity contribution >= 4 is 11.9 Å². The van der Waals surface area contributed by atoms with Gasteiger partial charge in [-0.25, -0.2) is 4.79 Å². The van der Waals surface area contributed by atoms with Gasteiger partial charge in [0, 0.05) is 6.42 Å². The van der Waals surface area contributed by atoms with E-state index in [1.54, 1.807) is 0 Å². The second-order valence-corrected chi connectivity index (χ2v) is 4.94. The second kappa shape index (κ2) is 6.58. The number of hydrogen-bond donors (Lipinski definition) is 0. The van der Waals surface area contributed by atoms with Crippen LogP contribution in [0, 0.1) is 11.8 Å². The van der Waals surface area contributed by atoms with Crippen molar-refractivity contribution in [2.45, 2.75) is 31.7 Å². The van der Waals surface area contributed by atoms with Gasteiger partial charge in [0.2, 0.25) is 5.91 Å². The van der Waals surface area contributed by atoms with Crippen molar-refractivity contribution in [1.82, 2.24) is 9.80 Å². The number of rotatable bonds is 3. The van der Waals surface area contributed by atoms with Gasteiger partial charge in [-0.15, -0.1) is 0 Å². The van der Waals surface area contributed by atoms with Crippen LogP contribution in [-0.2, 0) is 14.3 Å². The highest BCUT2D eigenvalue weighted by Crippen LogP contribution is 2.19. The number of methoxy groups -OCH3 is 1. The van der Waals surface area contributed by atoms with Crippen LogP contribution in [-0.4, -0.2) is 61.0 Å². The first kappa shape index (κ1) is 13.9.